The van der Waals surface area contributed by atoms with Crippen molar-refractivity contribution in [1.29, 1.82) is 0 Å². The predicted molar refractivity (Wildman–Crippen MR) is 208 cm³/mol. The van der Waals surface area contributed by atoms with E-state index < -0.39 is 0 Å². The fourth-order valence-corrected chi connectivity index (χ4v) is 8.22. The number of nitrogens with zero attached hydrogens (tertiary/aromatic N) is 2. The van der Waals surface area contributed by atoms with Gasteiger partial charge in [-0.2, -0.15) is 0 Å². The quantitative estimate of drug-likeness (QED) is 0.196. The molecule has 0 radical (unpaired) electrons. The van der Waals surface area contributed by atoms with Gasteiger partial charge in [-0.1, -0.05) is 133 Å². The zero-order valence-corrected chi connectivity index (χ0v) is 27.0. The van der Waals surface area contributed by atoms with Crippen LogP contribution in [-0.2, 0) is 0 Å². The number of furan rings is 1. The average Bonchev–Trinajstić information content (AvgIpc) is 3.74. The number of hydrogen-bond acceptors (Lipinski definition) is 3. The molecule has 2 aliphatic rings. The Morgan fingerprint density at radius 1 is 0.600 bits per heavy atom. The zero-order valence-electron chi connectivity index (χ0n) is 27.0. The summed E-state index contributed by atoms with van der Waals surface area (Å²) in [6.45, 7) is 0. The van der Waals surface area contributed by atoms with Gasteiger partial charge in [0.25, 0.3) is 0 Å². The second kappa shape index (κ2) is 10.4. The second-order valence-electron chi connectivity index (χ2n) is 13.1. The summed E-state index contributed by atoms with van der Waals surface area (Å²) >= 11 is 0. The van der Waals surface area contributed by atoms with Crippen molar-refractivity contribution in [2.24, 2.45) is 4.99 Å². The number of allylic oxidation sites excluding steroid dienone is 2. The van der Waals surface area contributed by atoms with E-state index in [1.54, 1.807) is 0 Å². The lowest BCUT2D eigenvalue weighted by molar-refractivity contribution is 0.667. The van der Waals surface area contributed by atoms with Gasteiger partial charge in [-0.15, -0.1) is 0 Å². The number of amidine groups is 1. The Hall–Kier alpha value is -6.65. The minimum Gasteiger partial charge on any atom is -0.455 e. The molecule has 1 atom stereocenters. The Morgan fingerprint density at radius 2 is 1.32 bits per heavy atom. The average molecular weight is 640 g/mol. The third-order valence-electron chi connectivity index (χ3n) is 10.4. The molecule has 2 aromatic heterocycles. The monoisotopic (exact) mass is 639 g/mol. The lowest BCUT2D eigenvalue weighted by Gasteiger charge is -2.28. The minimum atomic E-state index is 0.0233. The number of fused-ring (bicyclic) bond motifs is 12. The summed E-state index contributed by atoms with van der Waals surface area (Å²) in [5.74, 6) is 0.808. The number of aliphatic imine (C=N–C) groups is 1. The molecule has 234 valence electrons. The third kappa shape index (κ3) is 3.84. The van der Waals surface area contributed by atoms with Crippen LogP contribution >= 0.6 is 0 Å². The van der Waals surface area contributed by atoms with Crippen molar-refractivity contribution in [3.8, 4) is 5.69 Å². The second-order valence-corrected chi connectivity index (χ2v) is 13.1. The van der Waals surface area contributed by atoms with Crippen LogP contribution in [0.1, 0.15) is 11.1 Å². The molecule has 0 spiro atoms. The summed E-state index contributed by atoms with van der Waals surface area (Å²) in [7, 11) is 0. The summed E-state index contributed by atoms with van der Waals surface area (Å²) in [6, 6.07) is 49.8. The van der Waals surface area contributed by atoms with Crippen LogP contribution in [0.25, 0.3) is 76.7 Å². The predicted octanol–water partition coefficient (Wildman–Crippen LogP) is 11.2. The Balaban J connectivity index is 1.15. The molecule has 0 fully saturated rings. The molecule has 1 aliphatic heterocycles. The van der Waals surface area contributed by atoms with Crippen LogP contribution in [0, 0.1) is 0 Å². The van der Waals surface area contributed by atoms with Crippen LogP contribution < -0.4 is 5.32 Å². The van der Waals surface area contributed by atoms with Crippen LogP contribution in [0.15, 0.2) is 179 Å². The first-order valence-electron chi connectivity index (χ1n) is 17.1. The van der Waals surface area contributed by atoms with Crippen LogP contribution in [0.5, 0.6) is 0 Å². The molecule has 11 rings (SSSR count). The van der Waals surface area contributed by atoms with Crippen LogP contribution in [0.3, 0.4) is 0 Å². The van der Waals surface area contributed by atoms with Crippen molar-refractivity contribution in [2.75, 3.05) is 0 Å². The van der Waals surface area contributed by atoms with Gasteiger partial charge in [0.1, 0.15) is 17.0 Å². The number of rotatable bonds is 3. The molecule has 0 amide bonds. The van der Waals surface area contributed by atoms with E-state index in [4.69, 9.17) is 9.41 Å². The normalized spacial score (nSPS) is 15.8. The van der Waals surface area contributed by atoms with Crippen molar-refractivity contribution in [3.05, 3.63) is 181 Å². The third-order valence-corrected chi connectivity index (χ3v) is 10.4. The van der Waals surface area contributed by atoms with Crippen LogP contribution in [0.4, 0.5) is 0 Å². The minimum absolute atomic E-state index is 0.0233. The Bertz CT molecular complexity index is 3010. The molecule has 9 aromatic rings. The summed E-state index contributed by atoms with van der Waals surface area (Å²) in [5, 5.41) is 13.4. The van der Waals surface area contributed by atoms with Crippen molar-refractivity contribution in [1.82, 2.24) is 9.88 Å². The molecule has 0 saturated heterocycles. The molecule has 4 heteroatoms. The first-order valence-corrected chi connectivity index (χ1v) is 17.1. The molecule has 0 bridgehead atoms. The van der Waals surface area contributed by atoms with Gasteiger partial charge in [0.05, 0.1) is 28.3 Å². The van der Waals surface area contributed by atoms with E-state index in [0.717, 1.165) is 55.9 Å². The van der Waals surface area contributed by atoms with Gasteiger partial charge in [0, 0.05) is 43.8 Å². The maximum Gasteiger partial charge on any atom is 0.146 e. The van der Waals surface area contributed by atoms with Gasteiger partial charge in [-0.25, -0.2) is 4.99 Å². The fraction of sp³-hybridized carbons (Fsp3) is 0.0217. The summed E-state index contributed by atoms with van der Waals surface area (Å²) in [5.41, 5.74) is 9.37. The maximum atomic E-state index is 6.71. The molecular formula is C46H29N3O. The summed E-state index contributed by atoms with van der Waals surface area (Å²) in [6.07, 6.45) is 8.52. The fourth-order valence-electron chi connectivity index (χ4n) is 8.22. The molecular weight excluding hydrogens is 611 g/mol. The summed E-state index contributed by atoms with van der Waals surface area (Å²) < 4.78 is 9.15. The van der Waals surface area contributed by atoms with Crippen molar-refractivity contribution < 1.29 is 4.42 Å². The maximum absolute atomic E-state index is 6.71. The van der Waals surface area contributed by atoms with Gasteiger partial charge in [0.2, 0.25) is 0 Å². The lowest BCUT2D eigenvalue weighted by atomic mass is 9.94. The van der Waals surface area contributed by atoms with Gasteiger partial charge in [-0.3, -0.25) is 0 Å². The first-order chi connectivity index (χ1) is 24.8. The number of para-hydroxylation sites is 2. The van der Waals surface area contributed by atoms with Gasteiger partial charge in [0.15, 0.2) is 0 Å². The van der Waals surface area contributed by atoms with E-state index in [0.29, 0.717) is 0 Å². The summed E-state index contributed by atoms with van der Waals surface area (Å²) in [4.78, 5) is 5.24. The molecule has 1 aliphatic carbocycles. The van der Waals surface area contributed by atoms with E-state index in [9.17, 15) is 0 Å². The highest BCUT2D eigenvalue weighted by Gasteiger charge is 2.26. The van der Waals surface area contributed by atoms with Crippen LogP contribution in [-0.4, -0.2) is 16.4 Å². The number of hydrogen-bond donors (Lipinski definition) is 1. The molecule has 4 nitrogen and oxygen atoms in total. The molecule has 3 heterocycles. The molecule has 7 aromatic carbocycles. The number of nitrogens with one attached hydrogen (secondary N) is 1. The van der Waals surface area contributed by atoms with Crippen molar-refractivity contribution in [3.63, 3.8) is 0 Å². The molecule has 50 heavy (non-hydrogen) atoms. The Kier molecular flexibility index (Phi) is 5.69. The van der Waals surface area contributed by atoms with Crippen LogP contribution in [0.2, 0.25) is 0 Å². The highest BCUT2D eigenvalue weighted by atomic mass is 16.3. The SMILES string of the molecule is C1=CC2=C(c3ccccc3)N=C(c3cccc4c3oc3ccc(-n5c6ccccc6c6c7ccccc7c7ccccc7c65)cc34)NC2C=C1. The lowest BCUT2D eigenvalue weighted by Crippen LogP contribution is -2.39. The van der Waals surface area contributed by atoms with E-state index >= 15 is 0 Å². The highest BCUT2D eigenvalue weighted by Crippen LogP contribution is 2.43. The molecule has 0 saturated carbocycles. The standard InChI is InChI=1S/C46H29N3O/c1-2-13-28(14-3-1)43-35-19-8-10-23-39(35)47-46(48-43)37-22-12-21-34-38-27-29(25-26-41(38)50-45(34)37)49-40-24-11-9-20-36(40)42-32-17-6-4-15-30(32)31-16-5-7-18-33(31)44(42)49/h1-27,39H,(H,47,48). The highest BCUT2D eigenvalue weighted by molar-refractivity contribution is 6.32. The van der Waals surface area contributed by atoms with E-state index in [-0.39, 0.29) is 6.04 Å². The topological polar surface area (TPSA) is 42.5 Å². The number of aromatic nitrogens is 1. The molecule has 1 N–H and O–H groups in total. The van der Waals surface area contributed by atoms with Crippen molar-refractivity contribution >= 4 is 76.8 Å². The molecule has 1 unspecified atom stereocenters. The van der Waals surface area contributed by atoms with E-state index in [2.05, 4.69) is 168 Å². The first kappa shape index (κ1) is 27.3. The Labute approximate surface area is 287 Å². The smallest absolute Gasteiger partial charge is 0.146 e. The van der Waals surface area contributed by atoms with Crippen molar-refractivity contribution in [2.45, 2.75) is 6.04 Å². The van der Waals surface area contributed by atoms with Gasteiger partial charge < -0.3 is 14.3 Å². The van der Waals surface area contributed by atoms with E-state index in [1.165, 1.54) is 43.4 Å². The van der Waals surface area contributed by atoms with E-state index in [1.807, 2.05) is 6.07 Å². The Morgan fingerprint density at radius 3 is 2.18 bits per heavy atom. The van der Waals surface area contributed by atoms with Gasteiger partial charge in [-0.05, 0) is 46.5 Å². The zero-order chi connectivity index (χ0) is 32.8. The largest absolute Gasteiger partial charge is 0.455 e. The van der Waals surface area contributed by atoms with Gasteiger partial charge >= 0.3 is 0 Å². The number of benzene rings is 7.